The number of anilines is 2. The molecule has 4 rings (SSSR count). The quantitative estimate of drug-likeness (QED) is 0.471. The lowest BCUT2D eigenvalue weighted by Gasteiger charge is -2.46. The molecule has 0 amide bonds. The number of benzene rings is 2. The number of nitrogens with one attached hydrogen (secondary N) is 1. The normalized spacial score (nSPS) is 20.1. The van der Waals surface area contributed by atoms with Crippen molar-refractivity contribution in [1.29, 1.82) is 0 Å². The topological polar surface area (TPSA) is 67.6 Å². The summed E-state index contributed by atoms with van der Waals surface area (Å²) in [6.45, 7) is 2.17. The predicted octanol–water partition coefficient (Wildman–Crippen LogP) is 5.37. The van der Waals surface area contributed by atoms with E-state index in [2.05, 4.69) is 10.2 Å². The van der Waals surface area contributed by atoms with Gasteiger partial charge in [0.1, 0.15) is 12.1 Å². The minimum absolute atomic E-state index is 0.0260. The van der Waals surface area contributed by atoms with Crippen LogP contribution in [0, 0.1) is 0 Å². The Bertz CT molecular complexity index is 854. The molecule has 172 valence electrons. The molecule has 0 radical (unpaired) electrons. The largest absolute Gasteiger partial charge is 0.459 e. The number of para-hydroxylation sites is 2. The van der Waals surface area contributed by atoms with Crippen molar-refractivity contribution in [1.82, 2.24) is 4.90 Å². The number of esters is 1. The molecular weight excluding hydrogens is 398 g/mol. The fourth-order valence-corrected chi connectivity index (χ4v) is 5.30. The van der Waals surface area contributed by atoms with Gasteiger partial charge in [-0.25, -0.2) is 0 Å². The van der Waals surface area contributed by atoms with E-state index in [1.807, 2.05) is 54.6 Å². The van der Waals surface area contributed by atoms with Gasteiger partial charge in [-0.3, -0.25) is 9.69 Å². The van der Waals surface area contributed by atoms with E-state index < -0.39 is 5.54 Å². The number of likely N-dealkylation sites (tertiary alicyclic amines) is 1. The SMILES string of the molecule is Nc1ccccc1NC1CCN(C2(C(=O)OCc3ccccc3)CCCCCCC2)CC1. The van der Waals surface area contributed by atoms with Crippen LogP contribution >= 0.6 is 0 Å². The number of hydrogen-bond donors (Lipinski definition) is 2. The zero-order chi connectivity index (χ0) is 22.2. The lowest BCUT2D eigenvalue weighted by Crippen LogP contribution is -2.58. The smallest absolute Gasteiger partial charge is 0.326 e. The fourth-order valence-electron chi connectivity index (χ4n) is 5.30. The van der Waals surface area contributed by atoms with Crippen molar-refractivity contribution in [3.05, 3.63) is 60.2 Å². The molecule has 1 heterocycles. The first-order chi connectivity index (χ1) is 15.7. The third-order valence-electron chi connectivity index (χ3n) is 7.19. The molecule has 1 saturated carbocycles. The molecule has 0 atom stereocenters. The van der Waals surface area contributed by atoms with Gasteiger partial charge >= 0.3 is 5.97 Å². The summed E-state index contributed by atoms with van der Waals surface area (Å²) < 4.78 is 5.95. The van der Waals surface area contributed by atoms with Crippen molar-refractivity contribution in [3.8, 4) is 0 Å². The van der Waals surface area contributed by atoms with Crippen LogP contribution in [-0.2, 0) is 16.1 Å². The van der Waals surface area contributed by atoms with Gasteiger partial charge in [0.2, 0.25) is 0 Å². The van der Waals surface area contributed by atoms with Crippen molar-refractivity contribution in [3.63, 3.8) is 0 Å². The molecule has 0 spiro atoms. The van der Waals surface area contributed by atoms with Gasteiger partial charge < -0.3 is 15.8 Å². The number of nitrogen functional groups attached to an aromatic ring is 1. The molecule has 32 heavy (non-hydrogen) atoms. The lowest BCUT2D eigenvalue weighted by atomic mass is 9.81. The number of rotatable bonds is 6. The van der Waals surface area contributed by atoms with Crippen LogP contribution in [0.25, 0.3) is 0 Å². The molecule has 1 aliphatic heterocycles. The van der Waals surface area contributed by atoms with Crippen LogP contribution in [-0.4, -0.2) is 35.5 Å². The Labute approximate surface area is 192 Å². The first-order valence-electron chi connectivity index (χ1n) is 12.2. The average molecular weight is 436 g/mol. The summed E-state index contributed by atoms with van der Waals surface area (Å²) in [6, 6.07) is 18.3. The van der Waals surface area contributed by atoms with Gasteiger partial charge in [-0.1, -0.05) is 74.6 Å². The Morgan fingerprint density at radius 2 is 1.56 bits per heavy atom. The predicted molar refractivity (Wildman–Crippen MR) is 130 cm³/mol. The number of nitrogens with zero attached hydrogens (tertiary/aromatic N) is 1. The first-order valence-corrected chi connectivity index (χ1v) is 12.2. The molecule has 0 bridgehead atoms. The van der Waals surface area contributed by atoms with Gasteiger partial charge in [-0.2, -0.15) is 0 Å². The maximum Gasteiger partial charge on any atom is 0.326 e. The average Bonchev–Trinajstić information content (AvgIpc) is 2.81. The molecule has 5 heteroatoms. The van der Waals surface area contributed by atoms with Crippen molar-refractivity contribution in [2.45, 2.75) is 76.0 Å². The summed E-state index contributed by atoms with van der Waals surface area (Å²) in [5.74, 6) is -0.0260. The summed E-state index contributed by atoms with van der Waals surface area (Å²) in [4.78, 5) is 16.0. The standard InChI is InChI=1S/C27H37N3O2/c28-24-13-7-8-14-25(24)29-23-15-19-30(20-16-23)27(17-9-2-1-3-10-18-27)26(31)32-21-22-11-5-4-6-12-22/h4-8,11-14,23,29H,1-3,9-10,15-21,28H2. The second-order valence-corrected chi connectivity index (χ2v) is 9.35. The van der Waals surface area contributed by atoms with Gasteiger partial charge in [-0.15, -0.1) is 0 Å². The number of ether oxygens (including phenoxy) is 1. The van der Waals surface area contributed by atoms with Gasteiger partial charge in [0.25, 0.3) is 0 Å². The van der Waals surface area contributed by atoms with Gasteiger partial charge in [0.15, 0.2) is 0 Å². The third kappa shape index (κ3) is 5.44. The maximum atomic E-state index is 13.6. The van der Waals surface area contributed by atoms with Crippen molar-refractivity contribution < 1.29 is 9.53 Å². The second-order valence-electron chi connectivity index (χ2n) is 9.35. The summed E-state index contributed by atoms with van der Waals surface area (Å²) in [7, 11) is 0. The Hall–Kier alpha value is -2.53. The zero-order valence-electron chi connectivity index (χ0n) is 19.1. The van der Waals surface area contributed by atoms with E-state index in [1.165, 1.54) is 19.3 Å². The first kappa shape index (κ1) is 22.7. The molecule has 1 aliphatic carbocycles. The molecule has 5 nitrogen and oxygen atoms in total. The molecule has 0 aromatic heterocycles. The van der Waals surface area contributed by atoms with Crippen LogP contribution in [0.3, 0.4) is 0 Å². The number of nitrogens with two attached hydrogens (primary N) is 1. The van der Waals surface area contributed by atoms with Gasteiger partial charge in [-0.05, 0) is 43.4 Å². The highest BCUT2D eigenvalue weighted by atomic mass is 16.5. The number of carbonyl (C=O) groups excluding carboxylic acids is 1. The number of hydrogen-bond acceptors (Lipinski definition) is 5. The molecule has 2 aromatic rings. The number of piperidine rings is 1. The molecular formula is C27H37N3O2. The highest BCUT2D eigenvalue weighted by molar-refractivity contribution is 5.81. The van der Waals surface area contributed by atoms with Crippen LogP contribution in [0.2, 0.25) is 0 Å². The molecule has 2 fully saturated rings. The molecule has 1 saturated heterocycles. The summed E-state index contributed by atoms with van der Waals surface area (Å²) in [5, 5.41) is 3.62. The van der Waals surface area contributed by atoms with Crippen molar-refractivity contribution in [2.75, 3.05) is 24.1 Å². The number of carbonyl (C=O) groups is 1. The summed E-state index contributed by atoms with van der Waals surface area (Å²) >= 11 is 0. The van der Waals surface area contributed by atoms with E-state index in [4.69, 9.17) is 10.5 Å². The van der Waals surface area contributed by atoms with Gasteiger partial charge in [0.05, 0.1) is 11.4 Å². The van der Waals surface area contributed by atoms with Crippen molar-refractivity contribution >= 4 is 17.3 Å². The summed E-state index contributed by atoms with van der Waals surface area (Å²) in [5.41, 5.74) is 8.48. The van der Waals surface area contributed by atoms with Gasteiger partial charge in [0, 0.05) is 19.1 Å². The highest BCUT2D eigenvalue weighted by Crippen LogP contribution is 2.36. The van der Waals surface area contributed by atoms with E-state index in [0.717, 1.165) is 68.6 Å². The van der Waals surface area contributed by atoms with Crippen LogP contribution in [0.4, 0.5) is 11.4 Å². The minimum Gasteiger partial charge on any atom is -0.459 e. The Morgan fingerprint density at radius 3 is 2.25 bits per heavy atom. The minimum atomic E-state index is -0.480. The lowest BCUT2D eigenvalue weighted by molar-refractivity contribution is -0.163. The van der Waals surface area contributed by atoms with Crippen molar-refractivity contribution in [2.24, 2.45) is 0 Å². The third-order valence-corrected chi connectivity index (χ3v) is 7.19. The highest BCUT2D eigenvalue weighted by Gasteiger charge is 2.46. The Balaban J connectivity index is 1.43. The Morgan fingerprint density at radius 1 is 0.938 bits per heavy atom. The summed E-state index contributed by atoms with van der Waals surface area (Å²) in [6.07, 6.45) is 9.70. The Kier molecular flexibility index (Phi) is 7.69. The maximum absolute atomic E-state index is 13.6. The molecule has 3 N–H and O–H groups in total. The van der Waals surface area contributed by atoms with Crippen LogP contribution in [0.15, 0.2) is 54.6 Å². The van der Waals surface area contributed by atoms with Crippen LogP contribution in [0.5, 0.6) is 0 Å². The van der Waals surface area contributed by atoms with E-state index >= 15 is 0 Å². The van der Waals surface area contributed by atoms with E-state index in [-0.39, 0.29) is 5.97 Å². The molecule has 2 aliphatic rings. The zero-order valence-corrected chi connectivity index (χ0v) is 19.1. The second kappa shape index (κ2) is 10.9. The monoisotopic (exact) mass is 435 g/mol. The molecule has 2 aromatic carbocycles. The van der Waals surface area contributed by atoms with E-state index in [1.54, 1.807) is 0 Å². The van der Waals surface area contributed by atoms with E-state index in [0.29, 0.717) is 12.6 Å². The van der Waals surface area contributed by atoms with Crippen LogP contribution < -0.4 is 11.1 Å². The van der Waals surface area contributed by atoms with Crippen LogP contribution in [0.1, 0.15) is 63.4 Å². The fraction of sp³-hybridized carbons (Fsp3) is 0.519. The van der Waals surface area contributed by atoms with E-state index in [9.17, 15) is 4.79 Å². The molecule has 0 unspecified atom stereocenters.